The number of amides is 1. The predicted octanol–water partition coefficient (Wildman–Crippen LogP) is 2.44. The highest BCUT2D eigenvalue weighted by molar-refractivity contribution is 5.80. The molecule has 1 saturated carbocycles. The normalized spacial score (nSPS) is 28.6. The van der Waals surface area contributed by atoms with Crippen molar-refractivity contribution in [3.63, 3.8) is 0 Å². The van der Waals surface area contributed by atoms with Crippen LogP contribution in [0.5, 0.6) is 5.75 Å². The fourth-order valence-electron chi connectivity index (χ4n) is 3.59. The third-order valence-corrected chi connectivity index (χ3v) is 4.81. The summed E-state index contributed by atoms with van der Waals surface area (Å²) in [6.07, 6.45) is 5.93. The molecule has 2 fully saturated rings. The van der Waals surface area contributed by atoms with Crippen LogP contribution in [0.15, 0.2) is 24.3 Å². The molecule has 3 atom stereocenters. The van der Waals surface area contributed by atoms with E-state index >= 15 is 0 Å². The van der Waals surface area contributed by atoms with Gasteiger partial charge in [-0.3, -0.25) is 10.1 Å². The molecule has 3 unspecified atom stereocenters. The maximum atomic E-state index is 12.2. The molecule has 1 aliphatic carbocycles. The Labute approximate surface area is 126 Å². The number of carbonyl (C=O) groups is 1. The summed E-state index contributed by atoms with van der Waals surface area (Å²) in [4.78, 5) is 12.2. The van der Waals surface area contributed by atoms with Gasteiger partial charge in [0.05, 0.1) is 13.3 Å². The van der Waals surface area contributed by atoms with Crippen LogP contribution in [0.25, 0.3) is 0 Å². The topological polar surface area (TPSA) is 50.4 Å². The molecule has 0 bridgehead atoms. The average molecular weight is 288 g/mol. The molecule has 2 N–H and O–H groups in total. The molecule has 114 valence electrons. The molecule has 4 heteroatoms. The number of benzene rings is 1. The lowest BCUT2D eigenvalue weighted by Gasteiger charge is -2.39. The predicted molar refractivity (Wildman–Crippen MR) is 81.8 cm³/mol. The van der Waals surface area contributed by atoms with E-state index in [1.165, 1.54) is 24.8 Å². The monoisotopic (exact) mass is 288 g/mol. The number of piperidine rings is 1. The molecule has 21 heavy (non-hydrogen) atoms. The van der Waals surface area contributed by atoms with Gasteiger partial charge in [0, 0.05) is 12.5 Å². The number of rotatable bonds is 4. The zero-order chi connectivity index (χ0) is 14.7. The van der Waals surface area contributed by atoms with E-state index in [2.05, 4.69) is 22.8 Å². The molecular formula is C17H24N2O2. The highest BCUT2D eigenvalue weighted by Crippen LogP contribution is 2.35. The van der Waals surface area contributed by atoms with Gasteiger partial charge < -0.3 is 10.1 Å². The summed E-state index contributed by atoms with van der Waals surface area (Å²) in [5.74, 6) is 1.95. The van der Waals surface area contributed by atoms with Gasteiger partial charge >= 0.3 is 0 Å². The molecule has 1 heterocycles. The standard InChI is InChI=1S/C17H24N2O2/c1-21-14-8-6-12(7-9-14)11-18-16-10-13-4-2-3-5-15(13)17(20)19-16/h6-9,13,15-16,18H,2-5,10-11H2,1H3,(H,19,20). The summed E-state index contributed by atoms with van der Waals surface area (Å²) < 4.78 is 5.16. The average Bonchev–Trinajstić information content (AvgIpc) is 2.53. The second-order valence-electron chi connectivity index (χ2n) is 6.18. The number of nitrogens with one attached hydrogen (secondary N) is 2. The van der Waals surface area contributed by atoms with E-state index in [1.54, 1.807) is 7.11 Å². The van der Waals surface area contributed by atoms with Crippen LogP contribution in [0.1, 0.15) is 37.7 Å². The van der Waals surface area contributed by atoms with Crippen molar-refractivity contribution in [2.45, 2.75) is 44.8 Å². The van der Waals surface area contributed by atoms with Crippen LogP contribution < -0.4 is 15.4 Å². The first-order valence-electron chi connectivity index (χ1n) is 7.93. The summed E-state index contributed by atoms with van der Waals surface area (Å²) >= 11 is 0. The van der Waals surface area contributed by atoms with Gasteiger partial charge in [0.25, 0.3) is 0 Å². The third kappa shape index (κ3) is 3.38. The Balaban J connectivity index is 1.54. The van der Waals surface area contributed by atoms with Gasteiger partial charge in [0.1, 0.15) is 5.75 Å². The van der Waals surface area contributed by atoms with E-state index in [4.69, 9.17) is 4.74 Å². The van der Waals surface area contributed by atoms with E-state index in [-0.39, 0.29) is 18.0 Å². The molecule has 0 aromatic heterocycles. The summed E-state index contributed by atoms with van der Waals surface area (Å²) in [7, 11) is 1.67. The van der Waals surface area contributed by atoms with Crippen molar-refractivity contribution >= 4 is 5.91 Å². The van der Waals surface area contributed by atoms with Crippen molar-refractivity contribution in [1.82, 2.24) is 10.6 Å². The van der Waals surface area contributed by atoms with Crippen molar-refractivity contribution in [3.8, 4) is 5.75 Å². The number of hydrogen-bond donors (Lipinski definition) is 2. The number of fused-ring (bicyclic) bond motifs is 1. The zero-order valence-electron chi connectivity index (χ0n) is 12.6. The maximum Gasteiger partial charge on any atom is 0.224 e. The van der Waals surface area contributed by atoms with Crippen molar-refractivity contribution in [2.24, 2.45) is 11.8 Å². The first-order chi connectivity index (χ1) is 10.3. The molecule has 4 nitrogen and oxygen atoms in total. The largest absolute Gasteiger partial charge is 0.497 e. The van der Waals surface area contributed by atoms with Crippen LogP contribution in [0.3, 0.4) is 0 Å². The lowest BCUT2D eigenvalue weighted by Crippen LogP contribution is -2.55. The lowest BCUT2D eigenvalue weighted by molar-refractivity contribution is -0.132. The lowest BCUT2D eigenvalue weighted by atomic mass is 9.74. The highest BCUT2D eigenvalue weighted by Gasteiger charge is 2.37. The second kappa shape index (κ2) is 6.48. The van der Waals surface area contributed by atoms with Crippen molar-refractivity contribution in [1.29, 1.82) is 0 Å². The minimum atomic E-state index is 0.110. The van der Waals surface area contributed by atoms with Gasteiger partial charge in [-0.2, -0.15) is 0 Å². The van der Waals surface area contributed by atoms with Gasteiger partial charge in [-0.05, 0) is 42.9 Å². The van der Waals surface area contributed by atoms with Crippen molar-refractivity contribution in [3.05, 3.63) is 29.8 Å². The number of carbonyl (C=O) groups excluding carboxylic acids is 1. The Kier molecular flexibility index (Phi) is 4.44. The molecule has 2 aliphatic rings. The fourth-order valence-corrected chi connectivity index (χ4v) is 3.59. The quantitative estimate of drug-likeness (QED) is 0.894. The summed E-state index contributed by atoms with van der Waals surface area (Å²) in [6, 6.07) is 8.04. The molecule has 0 spiro atoms. The van der Waals surface area contributed by atoms with E-state index < -0.39 is 0 Å². The molecule has 1 amide bonds. The molecule has 1 aliphatic heterocycles. The molecule has 0 radical (unpaired) electrons. The van der Waals surface area contributed by atoms with Gasteiger partial charge in [-0.1, -0.05) is 25.0 Å². The first kappa shape index (κ1) is 14.4. The van der Waals surface area contributed by atoms with Crippen LogP contribution in [0.2, 0.25) is 0 Å². The summed E-state index contributed by atoms with van der Waals surface area (Å²) in [6.45, 7) is 0.770. The van der Waals surface area contributed by atoms with Gasteiger partial charge in [0.15, 0.2) is 0 Å². The number of methoxy groups -OCH3 is 1. The second-order valence-corrected chi connectivity index (χ2v) is 6.18. The molecular weight excluding hydrogens is 264 g/mol. The minimum absolute atomic E-state index is 0.110. The van der Waals surface area contributed by atoms with E-state index in [9.17, 15) is 4.79 Å². The van der Waals surface area contributed by atoms with Crippen molar-refractivity contribution < 1.29 is 9.53 Å². The third-order valence-electron chi connectivity index (χ3n) is 4.81. The maximum absolute atomic E-state index is 12.2. The van der Waals surface area contributed by atoms with E-state index in [1.807, 2.05) is 12.1 Å². The van der Waals surface area contributed by atoms with E-state index in [0.717, 1.165) is 25.1 Å². The fraction of sp³-hybridized carbons (Fsp3) is 0.588. The smallest absolute Gasteiger partial charge is 0.224 e. The van der Waals surface area contributed by atoms with Gasteiger partial charge in [-0.25, -0.2) is 0 Å². The highest BCUT2D eigenvalue weighted by atomic mass is 16.5. The summed E-state index contributed by atoms with van der Waals surface area (Å²) in [5, 5.41) is 6.60. The van der Waals surface area contributed by atoms with Gasteiger partial charge in [-0.15, -0.1) is 0 Å². The van der Waals surface area contributed by atoms with E-state index in [0.29, 0.717) is 5.92 Å². The Morgan fingerprint density at radius 3 is 2.76 bits per heavy atom. The number of hydrogen-bond acceptors (Lipinski definition) is 3. The van der Waals surface area contributed by atoms with Crippen LogP contribution in [-0.4, -0.2) is 19.2 Å². The Bertz CT molecular complexity index is 486. The van der Waals surface area contributed by atoms with Crippen LogP contribution >= 0.6 is 0 Å². The SMILES string of the molecule is COc1ccc(CNC2CC3CCCCC3C(=O)N2)cc1. The van der Waals surface area contributed by atoms with Crippen LogP contribution in [-0.2, 0) is 11.3 Å². The van der Waals surface area contributed by atoms with Crippen LogP contribution in [0, 0.1) is 11.8 Å². The van der Waals surface area contributed by atoms with Crippen LogP contribution in [0.4, 0.5) is 0 Å². The molecule has 1 saturated heterocycles. The zero-order valence-corrected chi connectivity index (χ0v) is 12.6. The first-order valence-corrected chi connectivity index (χ1v) is 7.93. The molecule has 1 aromatic carbocycles. The summed E-state index contributed by atoms with van der Waals surface area (Å²) in [5.41, 5.74) is 1.20. The Hall–Kier alpha value is -1.55. The van der Waals surface area contributed by atoms with Crippen molar-refractivity contribution in [2.75, 3.05) is 7.11 Å². The Morgan fingerprint density at radius 2 is 2.00 bits per heavy atom. The number of ether oxygens (including phenoxy) is 1. The minimum Gasteiger partial charge on any atom is -0.497 e. The van der Waals surface area contributed by atoms with Gasteiger partial charge in [0.2, 0.25) is 5.91 Å². The molecule has 1 aromatic rings. The Morgan fingerprint density at radius 1 is 1.24 bits per heavy atom. The molecule has 3 rings (SSSR count).